The van der Waals surface area contributed by atoms with E-state index in [1.807, 2.05) is 0 Å². The number of amides is 2. The number of nitrogen functional groups attached to an aromatic ring is 1. The first-order chi connectivity index (χ1) is 15.9. The van der Waals surface area contributed by atoms with E-state index in [9.17, 15) is 19.2 Å². The highest BCUT2D eigenvalue weighted by Gasteiger charge is 2.31. The number of rotatable bonds is 4. The van der Waals surface area contributed by atoms with Crippen LogP contribution in [0.3, 0.4) is 0 Å². The van der Waals surface area contributed by atoms with E-state index in [1.54, 1.807) is 43.5 Å². The second kappa shape index (κ2) is 7.41. The molecule has 5 rings (SSSR count). The topological polar surface area (TPSA) is 151 Å². The van der Waals surface area contributed by atoms with Gasteiger partial charge in [-0.05, 0) is 25.1 Å². The maximum atomic E-state index is 12.8. The number of fused-ring (bicyclic) bond motifs is 2. The van der Waals surface area contributed by atoms with E-state index in [2.05, 4.69) is 15.4 Å². The van der Waals surface area contributed by atoms with Crippen molar-refractivity contribution in [1.29, 1.82) is 0 Å². The van der Waals surface area contributed by atoms with Gasteiger partial charge in [-0.1, -0.05) is 12.1 Å². The van der Waals surface area contributed by atoms with Gasteiger partial charge in [0.1, 0.15) is 5.82 Å². The molecule has 1 aliphatic rings. The molecule has 4 heterocycles. The molecule has 0 bridgehead atoms. The summed E-state index contributed by atoms with van der Waals surface area (Å²) in [6.07, 6.45) is 1.57. The highest BCUT2D eigenvalue weighted by molar-refractivity contribution is 6.23. The van der Waals surface area contributed by atoms with Crippen LogP contribution >= 0.6 is 0 Å². The van der Waals surface area contributed by atoms with Gasteiger partial charge in [0.25, 0.3) is 17.4 Å². The zero-order chi connectivity index (χ0) is 23.3. The quantitative estimate of drug-likeness (QED) is 0.352. The molecule has 1 aromatic carbocycles. The molecular formula is C22H16N6O5. The maximum absolute atomic E-state index is 12.8. The number of carbonyl (C=O) groups excluding carboxylic acids is 3. The van der Waals surface area contributed by atoms with Crippen LogP contribution < -0.4 is 16.6 Å². The summed E-state index contributed by atoms with van der Waals surface area (Å²) in [5, 5.41) is 6.45. The lowest BCUT2D eigenvalue weighted by Gasteiger charge is -2.13. The molecule has 4 aromatic rings. The van der Waals surface area contributed by atoms with E-state index in [0.29, 0.717) is 22.6 Å². The van der Waals surface area contributed by atoms with E-state index in [4.69, 9.17) is 10.5 Å². The summed E-state index contributed by atoms with van der Waals surface area (Å²) in [4.78, 5) is 53.1. The van der Waals surface area contributed by atoms with Gasteiger partial charge in [0.2, 0.25) is 0 Å². The molecule has 164 valence electrons. The van der Waals surface area contributed by atoms with Gasteiger partial charge in [0.05, 0.1) is 29.1 Å². The third-order valence-electron chi connectivity index (χ3n) is 5.20. The van der Waals surface area contributed by atoms with Crippen molar-refractivity contribution in [3.05, 3.63) is 75.8 Å². The zero-order valence-electron chi connectivity index (χ0n) is 17.2. The van der Waals surface area contributed by atoms with Gasteiger partial charge >= 0.3 is 5.97 Å². The standard InChI is InChI=1S/C22H16N6O5/c1-2-33-22(32)14-10-16-24-7-6-15(28(16)26-14)11-4-3-5-12(8-11)27-17(29)9-13-18(19(27)23)21(31)25-20(13)30/h3-10H,2,23H2,1H3,(H,25,30,31). The van der Waals surface area contributed by atoms with Crippen LogP contribution in [0.1, 0.15) is 38.1 Å². The monoisotopic (exact) mass is 444 g/mol. The van der Waals surface area contributed by atoms with Crippen LogP contribution in [-0.2, 0) is 4.74 Å². The summed E-state index contributed by atoms with van der Waals surface area (Å²) < 4.78 is 7.66. The predicted molar refractivity (Wildman–Crippen MR) is 116 cm³/mol. The number of imide groups is 1. The Morgan fingerprint density at radius 3 is 2.73 bits per heavy atom. The van der Waals surface area contributed by atoms with Crippen molar-refractivity contribution >= 4 is 29.2 Å². The van der Waals surface area contributed by atoms with Crippen molar-refractivity contribution < 1.29 is 19.1 Å². The lowest BCUT2D eigenvalue weighted by atomic mass is 10.1. The van der Waals surface area contributed by atoms with Gasteiger partial charge in [-0.15, -0.1) is 0 Å². The fourth-order valence-corrected chi connectivity index (χ4v) is 3.77. The first-order valence-corrected chi connectivity index (χ1v) is 9.93. The van der Waals surface area contributed by atoms with Crippen molar-refractivity contribution in [2.45, 2.75) is 6.92 Å². The highest BCUT2D eigenvalue weighted by atomic mass is 16.5. The molecule has 0 spiro atoms. The number of nitrogens with zero attached hydrogens (tertiary/aromatic N) is 4. The Bertz CT molecular complexity index is 1550. The Labute approximate surface area is 185 Å². The van der Waals surface area contributed by atoms with Crippen LogP contribution in [0.25, 0.3) is 22.6 Å². The Balaban J connectivity index is 1.65. The minimum atomic E-state index is -0.657. The van der Waals surface area contributed by atoms with Crippen LogP contribution in [0.5, 0.6) is 0 Å². The van der Waals surface area contributed by atoms with Crippen molar-refractivity contribution in [2.24, 2.45) is 0 Å². The maximum Gasteiger partial charge on any atom is 0.358 e. The lowest BCUT2D eigenvalue weighted by molar-refractivity contribution is 0.0518. The van der Waals surface area contributed by atoms with Crippen LogP contribution in [0.15, 0.2) is 53.5 Å². The summed E-state index contributed by atoms with van der Waals surface area (Å²) >= 11 is 0. The first kappa shape index (κ1) is 20.1. The van der Waals surface area contributed by atoms with Crippen molar-refractivity contribution in [3.63, 3.8) is 0 Å². The summed E-state index contributed by atoms with van der Waals surface area (Å²) in [7, 11) is 0. The van der Waals surface area contributed by atoms with Crippen LogP contribution in [-0.4, -0.2) is 43.6 Å². The number of anilines is 1. The summed E-state index contributed by atoms with van der Waals surface area (Å²) in [5.74, 6) is -2.01. The summed E-state index contributed by atoms with van der Waals surface area (Å²) in [6, 6.07) is 11.1. The minimum Gasteiger partial charge on any atom is -0.461 e. The number of aromatic nitrogens is 4. The molecule has 1 aliphatic heterocycles. The van der Waals surface area contributed by atoms with Crippen LogP contribution in [0.4, 0.5) is 5.82 Å². The van der Waals surface area contributed by atoms with Crippen molar-refractivity contribution in [3.8, 4) is 16.9 Å². The Morgan fingerprint density at radius 1 is 1.12 bits per heavy atom. The van der Waals surface area contributed by atoms with Gasteiger partial charge in [0.15, 0.2) is 11.3 Å². The number of benzene rings is 1. The normalized spacial score (nSPS) is 12.6. The fraction of sp³-hybridized carbons (Fsp3) is 0.0909. The Hall–Kier alpha value is -4.80. The second-order valence-electron chi connectivity index (χ2n) is 7.18. The van der Waals surface area contributed by atoms with E-state index in [1.165, 1.54) is 10.6 Å². The lowest BCUT2D eigenvalue weighted by Crippen LogP contribution is -2.24. The fourth-order valence-electron chi connectivity index (χ4n) is 3.77. The van der Waals surface area contributed by atoms with Gasteiger partial charge in [0, 0.05) is 23.9 Å². The Kier molecular flexibility index (Phi) is 4.52. The molecule has 0 aliphatic carbocycles. The molecule has 0 fully saturated rings. The molecule has 11 nitrogen and oxygen atoms in total. The van der Waals surface area contributed by atoms with Crippen LogP contribution in [0.2, 0.25) is 0 Å². The van der Waals surface area contributed by atoms with E-state index >= 15 is 0 Å². The third-order valence-corrected chi connectivity index (χ3v) is 5.20. The number of hydrogen-bond donors (Lipinski definition) is 2. The molecular weight excluding hydrogens is 428 g/mol. The van der Waals surface area contributed by atoms with Crippen LogP contribution in [0, 0.1) is 0 Å². The number of ether oxygens (including phenoxy) is 1. The van der Waals surface area contributed by atoms with Gasteiger partial charge in [-0.3, -0.25) is 24.3 Å². The Morgan fingerprint density at radius 2 is 1.94 bits per heavy atom. The van der Waals surface area contributed by atoms with Crippen molar-refractivity contribution in [2.75, 3.05) is 12.3 Å². The molecule has 33 heavy (non-hydrogen) atoms. The predicted octanol–water partition coefficient (Wildman–Crippen LogP) is 1.19. The number of pyridine rings is 1. The highest BCUT2D eigenvalue weighted by Crippen LogP contribution is 2.26. The number of nitrogens with one attached hydrogen (secondary N) is 1. The van der Waals surface area contributed by atoms with Gasteiger partial charge < -0.3 is 10.5 Å². The molecule has 0 saturated carbocycles. The average molecular weight is 444 g/mol. The SMILES string of the molecule is CCOC(=O)c1cc2nccc(-c3cccc(-n4c(N)c5c(cc4=O)C(=O)NC5=O)c3)n2n1. The van der Waals surface area contributed by atoms with Crippen molar-refractivity contribution in [1.82, 2.24) is 24.5 Å². The third kappa shape index (κ3) is 3.14. The molecule has 0 saturated heterocycles. The largest absolute Gasteiger partial charge is 0.461 e. The molecule has 0 atom stereocenters. The molecule has 3 aromatic heterocycles. The molecule has 0 radical (unpaired) electrons. The summed E-state index contributed by atoms with van der Waals surface area (Å²) in [5.41, 5.74) is 7.66. The first-order valence-electron chi connectivity index (χ1n) is 9.93. The number of carbonyl (C=O) groups is 3. The molecule has 11 heteroatoms. The van der Waals surface area contributed by atoms with E-state index < -0.39 is 23.3 Å². The van der Waals surface area contributed by atoms with E-state index in [0.717, 1.165) is 10.6 Å². The smallest absolute Gasteiger partial charge is 0.358 e. The summed E-state index contributed by atoms with van der Waals surface area (Å²) in [6.45, 7) is 1.92. The zero-order valence-corrected chi connectivity index (χ0v) is 17.2. The minimum absolute atomic E-state index is 0.0394. The average Bonchev–Trinajstić information content (AvgIpc) is 3.35. The molecule has 2 amide bonds. The number of hydrogen-bond acceptors (Lipinski definition) is 8. The molecule has 0 unspecified atom stereocenters. The number of nitrogens with two attached hydrogens (primary N) is 1. The second-order valence-corrected chi connectivity index (χ2v) is 7.18. The number of esters is 1. The molecule has 3 N–H and O–H groups in total. The van der Waals surface area contributed by atoms with E-state index in [-0.39, 0.29) is 29.2 Å². The van der Waals surface area contributed by atoms with Gasteiger partial charge in [-0.25, -0.2) is 14.3 Å². The van der Waals surface area contributed by atoms with Gasteiger partial charge in [-0.2, -0.15) is 5.10 Å².